The highest BCUT2D eigenvalue weighted by Crippen LogP contribution is 2.29. The molecule has 2 rings (SSSR count). The monoisotopic (exact) mass is 252 g/mol. The quantitative estimate of drug-likeness (QED) is 0.906. The molecule has 6 heteroatoms. The molecule has 0 amide bonds. The molecule has 0 saturated heterocycles. The van der Waals surface area contributed by atoms with Crippen LogP contribution < -0.4 is 5.32 Å². The Hall–Kier alpha value is -1.14. The number of pyridine rings is 1. The summed E-state index contributed by atoms with van der Waals surface area (Å²) in [7, 11) is 0. The minimum Gasteiger partial charge on any atom is -0.370 e. The Morgan fingerprint density at radius 1 is 1.50 bits per heavy atom. The molecule has 0 aromatic carbocycles. The lowest BCUT2D eigenvalue weighted by atomic mass is 10.4. The predicted molar refractivity (Wildman–Crippen MR) is 67.2 cm³/mol. The molecule has 0 spiro atoms. The van der Waals surface area contributed by atoms with Crippen LogP contribution in [0.4, 0.5) is 5.82 Å². The van der Waals surface area contributed by atoms with Gasteiger partial charge in [0, 0.05) is 17.6 Å². The maximum absolute atomic E-state index is 4.31. The molecular weight excluding hydrogens is 240 g/mol. The van der Waals surface area contributed by atoms with Crippen molar-refractivity contribution < 1.29 is 0 Å². The molecule has 16 heavy (non-hydrogen) atoms. The minimum atomic E-state index is 0.827. The van der Waals surface area contributed by atoms with E-state index in [0.717, 1.165) is 27.4 Å². The van der Waals surface area contributed by atoms with Crippen molar-refractivity contribution in [2.24, 2.45) is 0 Å². The van der Waals surface area contributed by atoms with Gasteiger partial charge < -0.3 is 5.32 Å². The van der Waals surface area contributed by atoms with Gasteiger partial charge in [-0.3, -0.25) is 0 Å². The zero-order valence-corrected chi connectivity index (χ0v) is 10.7. The van der Waals surface area contributed by atoms with E-state index in [9.17, 15) is 0 Å². The van der Waals surface area contributed by atoms with Gasteiger partial charge in [-0.2, -0.15) is 4.37 Å². The summed E-state index contributed by atoms with van der Waals surface area (Å²) in [5, 5.41) is 3.18. The van der Waals surface area contributed by atoms with Gasteiger partial charge in [-0.05, 0) is 37.5 Å². The van der Waals surface area contributed by atoms with Crippen LogP contribution in [0.2, 0.25) is 0 Å². The van der Waals surface area contributed by atoms with E-state index in [1.165, 1.54) is 11.5 Å². The molecule has 0 radical (unpaired) electrons. The van der Waals surface area contributed by atoms with Gasteiger partial charge in [0.05, 0.1) is 0 Å². The van der Waals surface area contributed by atoms with Crippen LogP contribution in [0, 0.1) is 6.92 Å². The van der Waals surface area contributed by atoms with Gasteiger partial charge in [0.15, 0.2) is 4.34 Å². The Morgan fingerprint density at radius 2 is 2.38 bits per heavy atom. The highest BCUT2D eigenvalue weighted by atomic mass is 32.2. The number of nitrogens with zero attached hydrogens (tertiary/aromatic N) is 3. The fourth-order valence-corrected chi connectivity index (χ4v) is 2.83. The first-order valence-corrected chi connectivity index (χ1v) is 6.55. The summed E-state index contributed by atoms with van der Waals surface area (Å²) >= 11 is 3.04. The van der Waals surface area contributed by atoms with Gasteiger partial charge in [0.25, 0.3) is 0 Å². The van der Waals surface area contributed by atoms with Gasteiger partial charge in [0.2, 0.25) is 0 Å². The molecule has 0 bridgehead atoms. The Bertz CT molecular complexity index is 469. The number of nitrogens with one attached hydrogen (secondary N) is 1. The molecule has 0 unspecified atom stereocenters. The summed E-state index contributed by atoms with van der Waals surface area (Å²) in [6.45, 7) is 4.83. The average molecular weight is 252 g/mol. The number of aryl methyl sites for hydroxylation is 1. The largest absolute Gasteiger partial charge is 0.370 e. The third kappa shape index (κ3) is 2.93. The van der Waals surface area contributed by atoms with Crippen molar-refractivity contribution in [2.45, 2.75) is 23.1 Å². The lowest BCUT2D eigenvalue weighted by molar-refractivity contribution is 1.10. The molecule has 2 heterocycles. The van der Waals surface area contributed by atoms with Crippen molar-refractivity contribution in [2.75, 3.05) is 11.9 Å². The van der Waals surface area contributed by atoms with Crippen LogP contribution in [0.25, 0.3) is 0 Å². The minimum absolute atomic E-state index is 0.827. The lowest BCUT2D eigenvalue weighted by Crippen LogP contribution is -1.98. The highest BCUT2D eigenvalue weighted by Gasteiger charge is 2.03. The van der Waals surface area contributed by atoms with Crippen LogP contribution >= 0.6 is 23.3 Å². The van der Waals surface area contributed by atoms with Crippen molar-refractivity contribution in [1.29, 1.82) is 0 Å². The average Bonchev–Trinajstić information content (AvgIpc) is 2.65. The molecule has 1 N–H and O–H groups in total. The van der Waals surface area contributed by atoms with E-state index in [1.807, 2.05) is 19.1 Å². The predicted octanol–water partition coefficient (Wildman–Crippen LogP) is 2.82. The number of rotatable bonds is 4. The van der Waals surface area contributed by atoms with Gasteiger partial charge in [-0.25, -0.2) is 9.97 Å². The maximum Gasteiger partial charge on any atom is 0.174 e. The molecule has 4 nitrogen and oxygen atoms in total. The van der Waals surface area contributed by atoms with E-state index in [-0.39, 0.29) is 0 Å². The highest BCUT2D eigenvalue weighted by molar-refractivity contribution is 8.01. The van der Waals surface area contributed by atoms with E-state index in [0.29, 0.717) is 0 Å². The molecule has 0 aliphatic carbocycles. The molecule has 2 aromatic rings. The van der Waals surface area contributed by atoms with Crippen LogP contribution in [0.1, 0.15) is 12.7 Å². The van der Waals surface area contributed by atoms with Gasteiger partial charge >= 0.3 is 0 Å². The zero-order chi connectivity index (χ0) is 11.4. The molecule has 0 aliphatic rings. The Balaban J connectivity index is 2.12. The van der Waals surface area contributed by atoms with E-state index >= 15 is 0 Å². The second kappa shape index (κ2) is 5.27. The van der Waals surface area contributed by atoms with E-state index in [1.54, 1.807) is 18.0 Å². The number of aromatic nitrogens is 3. The second-order valence-corrected chi connectivity index (χ2v) is 5.19. The third-order valence-corrected chi connectivity index (χ3v) is 3.64. The summed E-state index contributed by atoms with van der Waals surface area (Å²) in [5.74, 6) is 1.72. The Morgan fingerprint density at radius 3 is 3.06 bits per heavy atom. The van der Waals surface area contributed by atoms with Crippen molar-refractivity contribution in [3.8, 4) is 0 Å². The molecule has 0 aliphatic heterocycles. The Labute approximate surface area is 103 Å². The first-order valence-electron chi connectivity index (χ1n) is 4.96. The van der Waals surface area contributed by atoms with Crippen LogP contribution in [0.5, 0.6) is 0 Å². The van der Waals surface area contributed by atoms with Gasteiger partial charge in [-0.15, -0.1) is 0 Å². The molecule has 0 atom stereocenters. The first-order chi connectivity index (χ1) is 7.78. The van der Waals surface area contributed by atoms with Gasteiger partial charge in [0.1, 0.15) is 11.6 Å². The van der Waals surface area contributed by atoms with Crippen molar-refractivity contribution in [1.82, 2.24) is 14.3 Å². The van der Waals surface area contributed by atoms with Crippen LogP contribution in [0.15, 0.2) is 27.6 Å². The number of hydrogen-bond acceptors (Lipinski definition) is 6. The summed E-state index contributed by atoms with van der Waals surface area (Å²) in [6.07, 6.45) is 1.80. The summed E-state index contributed by atoms with van der Waals surface area (Å²) in [4.78, 5) is 9.66. The zero-order valence-electron chi connectivity index (χ0n) is 9.10. The van der Waals surface area contributed by atoms with Gasteiger partial charge in [-0.1, -0.05) is 11.8 Å². The molecule has 0 fully saturated rings. The first kappa shape index (κ1) is 11.3. The molecular formula is C10H12N4S2. The standard InChI is InChI=1S/C10H12N4S2/c1-3-11-9-6-8(4-5-12-9)15-10-13-7(2)14-16-10/h4-6H,3H2,1-2H3,(H,11,12). The Kier molecular flexibility index (Phi) is 3.74. The maximum atomic E-state index is 4.31. The molecule has 0 saturated carbocycles. The van der Waals surface area contributed by atoms with E-state index in [2.05, 4.69) is 26.6 Å². The topological polar surface area (TPSA) is 50.7 Å². The van der Waals surface area contributed by atoms with Crippen molar-refractivity contribution >= 4 is 29.1 Å². The molecule has 84 valence electrons. The van der Waals surface area contributed by atoms with E-state index in [4.69, 9.17) is 0 Å². The fraction of sp³-hybridized carbons (Fsp3) is 0.300. The lowest BCUT2D eigenvalue weighted by Gasteiger charge is -2.03. The fourth-order valence-electron chi connectivity index (χ4n) is 1.17. The summed E-state index contributed by atoms with van der Waals surface area (Å²) in [5.41, 5.74) is 0. The number of hydrogen-bond donors (Lipinski definition) is 1. The molecule has 2 aromatic heterocycles. The SMILES string of the molecule is CCNc1cc(Sc2nc(C)ns2)ccn1. The summed E-state index contributed by atoms with van der Waals surface area (Å²) in [6, 6.07) is 3.99. The smallest absolute Gasteiger partial charge is 0.174 e. The number of anilines is 1. The normalized spacial score (nSPS) is 10.4. The van der Waals surface area contributed by atoms with Crippen molar-refractivity contribution in [3.05, 3.63) is 24.2 Å². The van der Waals surface area contributed by atoms with Crippen LogP contribution in [-0.2, 0) is 0 Å². The van der Waals surface area contributed by atoms with Crippen LogP contribution in [-0.4, -0.2) is 20.9 Å². The van der Waals surface area contributed by atoms with Crippen LogP contribution in [0.3, 0.4) is 0 Å². The summed E-state index contributed by atoms with van der Waals surface area (Å²) < 4.78 is 5.11. The van der Waals surface area contributed by atoms with Crippen molar-refractivity contribution in [3.63, 3.8) is 0 Å². The third-order valence-electron chi connectivity index (χ3n) is 1.80. The second-order valence-electron chi connectivity index (χ2n) is 3.12. The van der Waals surface area contributed by atoms with E-state index < -0.39 is 0 Å².